The second-order valence-corrected chi connectivity index (χ2v) is 6.12. The second kappa shape index (κ2) is 4.23. The largest absolute Gasteiger partial charge is 0.306 e. The third-order valence-corrected chi connectivity index (χ3v) is 3.28. The normalized spacial score (nSPS) is 12.1. The Morgan fingerprint density at radius 2 is 1.83 bits per heavy atom. The van der Waals surface area contributed by atoms with Crippen molar-refractivity contribution in [3.8, 4) is 0 Å². The SMILES string of the molecule is Cn1c(=O)ccc2c1ccc(CC(C)(C)C)[n+]2C. The molecule has 0 aromatic carbocycles. The van der Waals surface area contributed by atoms with E-state index in [-0.39, 0.29) is 11.0 Å². The van der Waals surface area contributed by atoms with Gasteiger partial charge < -0.3 is 4.57 Å². The van der Waals surface area contributed by atoms with Crippen molar-refractivity contribution in [2.24, 2.45) is 19.5 Å². The van der Waals surface area contributed by atoms with Gasteiger partial charge in [-0.25, -0.2) is 0 Å². The molecular weight excluding hydrogens is 224 g/mol. The number of fused-ring (bicyclic) bond motifs is 1. The lowest BCUT2D eigenvalue weighted by atomic mass is 9.90. The van der Waals surface area contributed by atoms with Crippen molar-refractivity contribution >= 4 is 11.0 Å². The predicted octanol–water partition coefficient (Wildman–Crippen LogP) is 1.95. The van der Waals surface area contributed by atoms with Gasteiger partial charge in [0, 0.05) is 31.7 Å². The van der Waals surface area contributed by atoms with Crippen LogP contribution < -0.4 is 10.1 Å². The van der Waals surface area contributed by atoms with Gasteiger partial charge in [-0.05, 0) is 11.5 Å². The maximum atomic E-state index is 11.6. The Hall–Kier alpha value is -1.64. The molecule has 0 fully saturated rings. The first-order chi connectivity index (χ1) is 8.29. The molecule has 0 aliphatic carbocycles. The predicted molar refractivity (Wildman–Crippen MR) is 73.5 cm³/mol. The van der Waals surface area contributed by atoms with Gasteiger partial charge in [0.05, 0.1) is 0 Å². The zero-order valence-electron chi connectivity index (χ0n) is 11.8. The van der Waals surface area contributed by atoms with Crippen LogP contribution in [-0.2, 0) is 20.5 Å². The highest BCUT2D eigenvalue weighted by atomic mass is 16.1. The highest BCUT2D eigenvalue weighted by Crippen LogP contribution is 2.19. The first-order valence-corrected chi connectivity index (χ1v) is 6.27. The van der Waals surface area contributed by atoms with Crippen LogP contribution in [0.2, 0.25) is 0 Å². The standard InChI is InChI=1S/C15H21N2O/c1-15(2,3)10-11-6-7-13-12(16(11)4)8-9-14(18)17(13)5/h6-9H,10H2,1-5H3/q+1. The van der Waals surface area contributed by atoms with E-state index >= 15 is 0 Å². The third-order valence-electron chi connectivity index (χ3n) is 3.28. The maximum Gasteiger partial charge on any atom is 0.251 e. The molecule has 2 rings (SSSR count). The van der Waals surface area contributed by atoms with Crippen LogP contribution in [0.5, 0.6) is 0 Å². The topological polar surface area (TPSA) is 25.9 Å². The number of pyridine rings is 2. The first-order valence-electron chi connectivity index (χ1n) is 6.27. The molecule has 2 aromatic rings. The van der Waals surface area contributed by atoms with Crippen molar-refractivity contribution in [3.63, 3.8) is 0 Å². The minimum atomic E-state index is 0.0334. The van der Waals surface area contributed by atoms with Gasteiger partial charge in [0.2, 0.25) is 5.52 Å². The fraction of sp³-hybridized carbons (Fsp3) is 0.467. The Kier molecular flexibility index (Phi) is 3.01. The van der Waals surface area contributed by atoms with Crippen molar-refractivity contribution in [1.29, 1.82) is 0 Å². The van der Waals surface area contributed by atoms with E-state index < -0.39 is 0 Å². The molecule has 2 aromatic heterocycles. The number of aromatic nitrogens is 2. The summed E-state index contributed by atoms with van der Waals surface area (Å²) < 4.78 is 3.87. The summed E-state index contributed by atoms with van der Waals surface area (Å²) in [6.45, 7) is 6.70. The fourth-order valence-corrected chi connectivity index (χ4v) is 2.28. The number of hydrogen-bond acceptors (Lipinski definition) is 1. The van der Waals surface area contributed by atoms with Gasteiger partial charge in [-0.3, -0.25) is 4.79 Å². The van der Waals surface area contributed by atoms with E-state index in [0.717, 1.165) is 17.5 Å². The van der Waals surface area contributed by atoms with Crippen LogP contribution in [0.15, 0.2) is 29.1 Å². The zero-order chi connectivity index (χ0) is 13.5. The number of aryl methyl sites for hydroxylation is 2. The first kappa shape index (κ1) is 12.8. The van der Waals surface area contributed by atoms with Crippen molar-refractivity contribution in [2.45, 2.75) is 27.2 Å². The molecule has 96 valence electrons. The van der Waals surface area contributed by atoms with Gasteiger partial charge in [0.25, 0.3) is 5.56 Å². The minimum Gasteiger partial charge on any atom is -0.306 e. The molecule has 0 atom stereocenters. The molecule has 0 aliphatic rings. The molecule has 0 bridgehead atoms. The van der Waals surface area contributed by atoms with Crippen LogP contribution in [0, 0.1) is 5.41 Å². The van der Waals surface area contributed by atoms with Gasteiger partial charge in [-0.1, -0.05) is 20.8 Å². The number of rotatable bonds is 1. The van der Waals surface area contributed by atoms with E-state index in [1.165, 1.54) is 5.69 Å². The summed E-state index contributed by atoms with van der Waals surface area (Å²) in [6.07, 6.45) is 1.02. The lowest BCUT2D eigenvalue weighted by molar-refractivity contribution is -0.653. The average molecular weight is 245 g/mol. The van der Waals surface area contributed by atoms with E-state index in [1.807, 2.05) is 19.2 Å². The summed E-state index contributed by atoms with van der Waals surface area (Å²) in [5.41, 5.74) is 3.65. The number of nitrogens with zero attached hydrogens (tertiary/aromatic N) is 2. The van der Waals surface area contributed by atoms with Crippen LogP contribution in [0.25, 0.3) is 11.0 Å². The lowest BCUT2D eigenvalue weighted by Gasteiger charge is -2.16. The van der Waals surface area contributed by atoms with Crippen molar-refractivity contribution in [2.75, 3.05) is 0 Å². The molecule has 0 aliphatic heterocycles. The van der Waals surface area contributed by atoms with Crippen LogP contribution in [0.4, 0.5) is 0 Å². The van der Waals surface area contributed by atoms with Crippen molar-refractivity contribution < 1.29 is 4.57 Å². The Labute approximate surface area is 108 Å². The Bertz CT molecular complexity index is 648. The van der Waals surface area contributed by atoms with E-state index in [9.17, 15) is 4.79 Å². The molecule has 0 amide bonds. The Morgan fingerprint density at radius 3 is 2.44 bits per heavy atom. The summed E-state index contributed by atoms with van der Waals surface area (Å²) in [5, 5.41) is 0. The van der Waals surface area contributed by atoms with Crippen LogP contribution >= 0.6 is 0 Å². The van der Waals surface area contributed by atoms with Crippen molar-refractivity contribution in [1.82, 2.24) is 4.57 Å². The summed E-state index contributed by atoms with van der Waals surface area (Å²) in [4.78, 5) is 11.6. The van der Waals surface area contributed by atoms with Crippen LogP contribution in [-0.4, -0.2) is 4.57 Å². The molecule has 0 radical (unpaired) electrons. The van der Waals surface area contributed by atoms with Gasteiger partial charge in [-0.15, -0.1) is 0 Å². The Morgan fingerprint density at radius 1 is 1.17 bits per heavy atom. The van der Waals surface area contributed by atoms with Gasteiger partial charge in [-0.2, -0.15) is 4.57 Å². The maximum absolute atomic E-state index is 11.6. The van der Waals surface area contributed by atoms with Gasteiger partial charge in [0.15, 0.2) is 5.69 Å². The molecule has 18 heavy (non-hydrogen) atoms. The van der Waals surface area contributed by atoms with E-state index in [0.29, 0.717) is 0 Å². The third kappa shape index (κ3) is 2.30. The highest BCUT2D eigenvalue weighted by Gasteiger charge is 2.20. The summed E-state index contributed by atoms with van der Waals surface area (Å²) in [5.74, 6) is 0. The van der Waals surface area contributed by atoms with Crippen LogP contribution in [0.1, 0.15) is 26.5 Å². The monoisotopic (exact) mass is 245 g/mol. The number of hydrogen-bond donors (Lipinski definition) is 0. The lowest BCUT2D eigenvalue weighted by Crippen LogP contribution is -2.37. The quantitative estimate of drug-likeness (QED) is 0.705. The molecule has 2 heterocycles. The molecule has 0 saturated carbocycles. The van der Waals surface area contributed by atoms with Gasteiger partial charge in [0.1, 0.15) is 12.6 Å². The minimum absolute atomic E-state index is 0.0334. The molecular formula is C15H21N2O+. The van der Waals surface area contributed by atoms with Crippen LogP contribution in [0.3, 0.4) is 0 Å². The van der Waals surface area contributed by atoms with E-state index in [4.69, 9.17) is 0 Å². The molecule has 0 N–H and O–H groups in total. The Balaban J connectivity index is 2.66. The average Bonchev–Trinajstić information content (AvgIpc) is 2.26. The molecule has 0 spiro atoms. The highest BCUT2D eigenvalue weighted by molar-refractivity contribution is 5.70. The molecule has 0 saturated heterocycles. The zero-order valence-corrected chi connectivity index (χ0v) is 11.8. The van der Waals surface area contributed by atoms with E-state index in [2.05, 4.69) is 38.5 Å². The summed E-state index contributed by atoms with van der Waals surface area (Å²) in [6, 6.07) is 7.69. The summed E-state index contributed by atoms with van der Waals surface area (Å²) in [7, 11) is 3.88. The van der Waals surface area contributed by atoms with Crippen molar-refractivity contribution in [3.05, 3.63) is 40.3 Å². The van der Waals surface area contributed by atoms with E-state index in [1.54, 1.807) is 10.6 Å². The molecule has 3 heteroatoms. The fourth-order valence-electron chi connectivity index (χ4n) is 2.28. The molecule has 0 unspecified atom stereocenters. The van der Waals surface area contributed by atoms with Gasteiger partial charge >= 0.3 is 0 Å². The summed E-state index contributed by atoms with van der Waals surface area (Å²) >= 11 is 0. The smallest absolute Gasteiger partial charge is 0.251 e. The molecule has 3 nitrogen and oxygen atoms in total. The second-order valence-electron chi connectivity index (χ2n) is 6.12.